The molecule has 3 aromatic heterocycles. The van der Waals surface area contributed by atoms with Gasteiger partial charge in [-0.3, -0.25) is 4.40 Å². The van der Waals surface area contributed by atoms with E-state index in [0.29, 0.717) is 0 Å². The van der Waals surface area contributed by atoms with Crippen LogP contribution < -0.4 is 0 Å². The lowest BCUT2D eigenvalue weighted by molar-refractivity contribution is -0.141. The highest BCUT2D eigenvalue weighted by molar-refractivity contribution is 6.32. The Hall–Kier alpha value is -2.13. The molecule has 0 aliphatic heterocycles. The van der Waals surface area contributed by atoms with E-state index in [1.165, 1.54) is 36.3 Å². The maximum Gasteiger partial charge on any atom is 0.435 e. The molecule has 10 heteroatoms. The Morgan fingerprint density at radius 1 is 1.32 bits per heavy atom. The summed E-state index contributed by atoms with van der Waals surface area (Å²) in [7, 11) is 1.37. The monoisotopic (exact) mass is 331 g/mol. The number of imidazole rings is 1. The van der Waals surface area contributed by atoms with Crippen LogP contribution in [0.25, 0.3) is 16.9 Å². The topological polar surface area (TPSA) is 57.2 Å². The van der Waals surface area contributed by atoms with Gasteiger partial charge in [0.2, 0.25) is 0 Å². The predicted octanol–water partition coefficient (Wildman–Crippen LogP) is 2.87. The maximum atomic E-state index is 13.2. The van der Waals surface area contributed by atoms with E-state index in [1.54, 1.807) is 0 Å². The predicted molar refractivity (Wildman–Crippen MR) is 71.2 cm³/mol. The Balaban J connectivity index is 2.23. The van der Waals surface area contributed by atoms with Gasteiger partial charge in [-0.1, -0.05) is 11.6 Å². The lowest BCUT2D eigenvalue weighted by atomic mass is 10.2. The standard InChI is InChI=1S/C12H9ClF3N5O/c1-22-6-20-5-7(9(19-20)12(14,15)16)8-4-18-11-10(13)17-2-3-21(8)11/h2-5H,6H2,1H3. The van der Waals surface area contributed by atoms with Gasteiger partial charge in [0.05, 0.1) is 17.5 Å². The second-order valence-corrected chi connectivity index (χ2v) is 4.76. The molecular weight excluding hydrogens is 323 g/mol. The minimum atomic E-state index is -4.60. The molecule has 0 fully saturated rings. The Morgan fingerprint density at radius 2 is 2.09 bits per heavy atom. The summed E-state index contributed by atoms with van der Waals surface area (Å²) in [5, 5.41) is 3.64. The fourth-order valence-electron chi connectivity index (χ4n) is 2.10. The zero-order valence-electron chi connectivity index (χ0n) is 11.2. The molecule has 0 spiro atoms. The van der Waals surface area contributed by atoms with E-state index in [9.17, 15) is 13.2 Å². The Morgan fingerprint density at radius 3 is 2.77 bits per heavy atom. The first-order valence-corrected chi connectivity index (χ1v) is 6.41. The van der Waals surface area contributed by atoms with Gasteiger partial charge in [0, 0.05) is 25.7 Å². The molecule has 0 bridgehead atoms. The van der Waals surface area contributed by atoms with Gasteiger partial charge in [0.25, 0.3) is 0 Å². The van der Waals surface area contributed by atoms with Crippen LogP contribution in [0.2, 0.25) is 5.15 Å². The van der Waals surface area contributed by atoms with Crippen molar-refractivity contribution in [3.8, 4) is 11.3 Å². The van der Waals surface area contributed by atoms with Crippen molar-refractivity contribution in [3.63, 3.8) is 0 Å². The van der Waals surface area contributed by atoms with Crippen molar-refractivity contribution in [2.75, 3.05) is 7.11 Å². The van der Waals surface area contributed by atoms with Crippen LogP contribution in [0.15, 0.2) is 24.8 Å². The zero-order valence-corrected chi connectivity index (χ0v) is 11.9. The largest absolute Gasteiger partial charge is 0.435 e. The molecule has 0 saturated heterocycles. The van der Waals surface area contributed by atoms with Gasteiger partial charge in [-0.2, -0.15) is 18.3 Å². The van der Waals surface area contributed by atoms with Crippen LogP contribution in [0, 0.1) is 0 Å². The highest BCUT2D eigenvalue weighted by Gasteiger charge is 2.38. The molecule has 22 heavy (non-hydrogen) atoms. The summed E-state index contributed by atoms with van der Waals surface area (Å²) in [6.45, 7) is -0.0951. The third kappa shape index (κ3) is 2.42. The number of fused-ring (bicyclic) bond motifs is 1. The normalized spacial score (nSPS) is 12.2. The summed E-state index contributed by atoms with van der Waals surface area (Å²) in [6, 6.07) is 0. The molecule has 0 aliphatic carbocycles. The molecule has 0 aromatic carbocycles. The summed E-state index contributed by atoms with van der Waals surface area (Å²) in [6.07, 6.45) is 0.816. The minimum absolute atomic E-state index is 0.0951. The Kier molecular flexibility index (Phi) is 3.53. The molecule has 0 amide bonds. The smallest absolute Gasteiger partial charge is 0.362 e. The van der Waals surface area contributed by atoms with Gasteiger partial charge in [-0.25, -0.2) is 14.6 Å². The van der Waals surface area contributed by atoms with Crippen molar-refractivity contribution in [3.05, 3.63) is 35.6 Å². The highest BCUT2D eigenvalue weighted by Crippen LogP contribution is 2.36. The maximum absolute atomic E-state index is 13.2. The molecule has 3 rings (SSSR count). The number of halogens is 4. The summed E-state index contributed by atoms with van der Waals surface area (Å²) < 4.78 is 46.9. The first kappa shape index (κ1) is 14.8. The fourth-order valence-corrected chi connectivity index (χ4v) is 2.30. The van der Waals surface area contributed by atoms with Gasteiger partial charge in [-0.05, 0) is 0 Å². The fraction of sp³-hybridized carbons (Fsp3) is 0.250. The van der Waals surface area contributed by atoms with Gasteiger partial charge in [0.1, 0.15) is 6.73 Å². The molecule has 0 aliphatic rings. The number of rotatable bonds is 3. The molecular formula is C12H9ClF3N5O. The van der Waals surface area contributed by atoms with E-state index < -0.39 is 11.9 Å². The molecule has 0 saturated carbocycles. The molecule has 0 N–H and O–H groups in total. The second kappa shape index (κ2) is 5.25. The zero-order chi connectivity index (χ0) is 15.9. The first-order chi connectivity index (χ1) is 10.4. The van der Waals surface area contributed by atoms with Crippen molar-refractivity contribution < 1.29 is 17.9 Å². The molecule has 0 unspecified atom stereocenters. The third-order valence-electron chi connectivity index (χ3n) is 2.95. The number of aromatic nitrogens is 5. The van der Waals surface area contributed by atoms with Gasteiger partial charge in [-0.15, -0.1) is 0 Å². The molecule has 116 valence electrons. The average molecular weight is 332 g/mol. The summed E-state index contributed by atoms with van der Waals surface area (Å²) >= 11 is 5.88. The number of ether oxygens (including phenoxy) is 1. The van der Waals surface area contributed by atoms with Crippen LogP contribution in [0.5, 0.6) is 0 Å². The van der Waals surface area contributed by atoms with E-state index in [0.717, 1.165) is 4.68 Å². The van der Waals surface area contributed by atoms with Crippen molar-refractivity contribution in [1.29, 1.82) is 0 Å². The van der Waals surface area contributed by atoms with Crippen LogP contribution in [0.4, 0.5) is 13.2 Å². The van der Waals surface area contributed by atoms with Crippen molar-refractivity contribution >= 4 is 17.2 Å². The lowest BCUT2D eigenvalue weighted by Crippen LogP contribution is -2.09. The first-order valence-electron chi connectivity index (χ1n) is 6.03. The van der Waals surface area contributed by atoms with E-state index in [4.69, 9.17) is 16.3 Å². The van der Waals surface area contributed by atoms with Crippen LogP contribution in [-0.4, -0.2) is 31.3 Å². The lowest BCUT2D eigenvalue weighted by Gasteiger charge is -2.05. The highest BCUT2D eigenvalue weighted by atomic mass is 35.5. The number of alkyl halides is 3. The van der Waals surface area contributed by atoms with Crippen LogP contribution >= 0.6 is 11.6 Å². The molecule has 6 nitrogen and oxygen atoms in total. The quantitative estimate of drug-likeness (QED) is 0.740. The van der Waals surface area contributed by atoms with Crippen molar-refractivity contribution in [2.24, 2.45) is 0 Å². The van der Waals surface area contributed by atoms with Crippen molar-refractivity contribution in [2.45, 2.75) is 12.9 Å². The number of hydrogen-bond acceptors (Lipinski definition) is 4. The van der Waals surface area contributed by atoms with Crippen LogP contribution in [0.1, 0.15) is 5.69 Å². The molecule has 0 atom stereocenters. The Labute approximate surface area is 127 Å². The van der Waals surface area contributed by atoms with E-state index in [-0.39, 0.29) is 28.8 Å². The van der Waals surface area contributed by atoms with Gasteiger partial charge < -0.3 is 4.74 Å². The number of hydrogen-bond donors (Lipinski definition) is 0. The summed E-state index contributed by atoms with van der Waals surface area (Å²) in [5.41, 5.74) is -0.639. The van der Waals surface area contributed by atoms with E-state index in [2.05, 4.69) is 15.1 Å². The van der Waals surface area contributed by atoms with E-state index in [1.807, 2.05) is 0 Å². The Bertz CT molecular complexity index is 826. The summed E-state index contributed by atoms with van der Waals surface area (Å²) in [4.78, 5) is 7.85. The van der Waals surface area contributed by atoms with Crippen LogP contribution in [0.3, 0.4) is 0 Å². The van der Waals surface area contributed by atoms with Gasteiger partial charge in [0.15, 0.2) is 16.5 Å². The minimum Gasteiger partial charge on any atom is -0.362 e. The summed E-state index contributed by atoms with van der Waals surface area (Å²) in [5.74, 6) is 0. The molecule has 0 radical (unpaired) electrons. The van der Waals surface area contributed by atoms with Crippen LogP contribution in [-0.2, 0) is 17.6 Å². The number of methoxy groups -OCH3 is 1. The van der Waals surface area contributed by atoms with Crippen molar-refractivity contribution in [1.82, 2.24) is 24.1 Å². The van der Waals surface area contributed by atoms with Gasteiger partial charge >= 0.3 is 6.18 Å². The number of nitrogens with zero attached hydrogens (tertiary/aromatic N) is 5. The SMILES string of the molecule is COCn1cc(-c2cnc3c(Cl)nccn23)c(C(F)(F)F)n1. The molecule has 3 aromatic rings. The third-order valence-corrected chi connectivity index (χ3v) is 3.22. The second-order valence-electron chi connectivity index (χ2n) is 4.40. The average Bonchev–Trinajstić information content (AvgIpc) is 3.03. The molecule has 3 heterocycles. The van der Waals surface area contributed by atoms with E-state index >= 15 is 0 Å².